The summed E-state index contributed by atoms with van der Waals surface area (Å²) in [6.45, 7) is 5.58. The molecule has 2 N–H and O–H groups in total. The molecule has 0 heterocycles. The molecule has 1 aromatic carbocycles. The van der Waals surface area contributed by atoms with E-state index < -0.39 is 18.5 Å². The third-order valence-corrected chi connectivity index (χ3v) is 4.25. The first kappa shape index (κ1) is 16.9. The van der Waals surface area contributed by atoms with Gasteiger partial charge in [0.05, 0.1) is 18.9 Å². The molecule has 0 aliphatic carbocycles. The first-order chi connectivity index (χ1) is 9.32. The van der Waals surface area contributed by atoms with E-state index >= 15 is 0 Å². The summed E-state index contributed by atoms with van der Waals surface area (Å²) in [6, 6.07) is 0. The summed E-state index contributed by atoms with van der Waals surface area (Å²) < 4.78 is 21.8. The fourth-order valence-corrected chi connectivity index (χ4v) is 2.76. The lowest BCUT2D eigenvalue weighted by Gasteiger charge is -2.18. The highest BCUT2D eigenvalue weighted by molar-refractivity contribution is 7.52. The van der Waals surface area contributed by atoms with Gasteiger partial charge >= 0.3 is 7.60 Å². The average Bonchev–Trinajstić information content (AvgIpc) is 2.40. The van der Waals surface area contributed by atoms with E-state index in [-0.39, 0.29) is 36.9 Å². The highest BCUT2D eigenvalue weighted by Gasteiger charge is 2.25. The zero-order valence-electron chi connectivity index (χ0n) is 11.8. The van der Waals surface area contributed by atoms with Crippen LogP contribution in [0.5, 0.6) is 5.75 Å². The highest BCUT2D eigenvalue weighted by Crippen LogP contribution is 2.43. The standard InChI is InChI=1S/C12H20NO6P/c1-4-8(3)19-20(16,17)7-6-13-9-10(14)11(15)12(9)18-5-2/h8,13H,4-7H2,1-3H3,(H,16,17). The smallest absolute Gasteiger partial charge is 0.330 e. The average molecular weight is 305 g/mol. The molecule has 0 saturated heterocycles. The molecule has 1 rings (SSSR count). The molecular formula is C12H20NO6P. The largest absolute Gasteiger partial charge is 0.488 e. The molecule has 20 heavy (non-hydrogen) atoms. The van der Waals surface area contributed by atoms with Crippen molar-refractivity contribution in [2.24, 2.45) is 0 Å². The third kappa shape index (κ3) is 4.16. The van der Waals surface area contributed by atoms with E-state index in [1.54, 1.807) is 13.8 Å². The molecule has 0 radical (unpaired) electrons. The summed E-state index contributed by atoms with van der Waals surface area (Å²) in [6.07, 6.45) is 0.169. The number of hydrogen-bond donors (Lipinski definition) is 2. The first-order valence-corrected chi connectivity index (χ1v) is 8.28. The Labute approximate surface area is 117 Å². The van der Waals surface area contributed by atoms with Crippen LogP contribution in [0, 0.1) is 0 Å². The molecule has 2 atom stereocenters. The Kier molecular flexibility index (Phi) is 5.92. The van der Waals surface area contributed by atoms with Gasteiger partial charge in [-0.05, 0) is 20.3 Å². The van der Waals surface area contributed by atoms with E-state index in [1.807, 2.05) is 6.92 Å². The Morgan fingerprint density at radius 3 is 2.50 bits per heavy atom. The lowest BCUT2D eigenvalue weighted by Crippen LogP contribution is -2.36. The van der Waals surface area contributed by atoms with Crippen molar-refractivity contribution in [3.63, 3.8) is 0 Å². The molecule has 0 amide bonds. The molecule has 0 bridgehead atoms. The molecule has 1 aromatic rings. The zero-order valence-corrected chi connectivity index (χ0v) is 12.7. The minimum Gasteiger partial charge on any atom is -0.488 e. The lowest BCUT2D eigenvalue weighted by atomic mass is 10.2. The summed E-state index contributed by atoms with van der Waals surface area (Å²) in [7, 11) is -3.70. The van der Waals surface area contributed by atoms with Gasteiger partial charge in [-0.25, -0.2) is 0 Å². The summed E-state index contributed by atoms with van der Waals surface area (Å²) >= 11 is 0. The fourth-order valence-electron chi connectivity index (χ4n) is 1.54. The lowest BCUT2D eigenvalue weighted by molar-refractivity contribution is 0.186. The normalized spacial score (nSPS) is 15.8. The van der Waals surface area contributed by atoms with Gasteiger partial charge in [-0.15, -0.1) is 0 Å². The van der Waals surface area contributed by atoms with Crippen LogP contribution in [0.2, 0.25) is 0 Å². The quantitative estimate of drug-likeness (QED) is 0.520. The Morgan fingerprint density at radius 2 is 1.95 bits per heavy atom. The second-order valence-electron chi connectivity index (χ2n) is 4.41. The summed E-state index contributed by atoms with van der Waals surface area (Å²) in [4.78, 5) is 32.1. The van der Waals surface area contributed by atoms with Crippen molar-refractivity contribution >= 4 is 13.3 Å². The Balaban J connectivity index is 2.53. The molecule has 2 unspecified atom stereocenters. The molecule has 8 heteroatoms. The second kappa shape index (κ2) is 7.02. The van der Waals surface area contributed by atoms with E-state index in [9.17, 15) is 19.0 Å². The van der Waals surface area contributed by atoms with E-state index in [0.29, 0.717) is 6.42 Å². The minimum atomic E-state index is -3.70. The van der Waals surface area contributed by atoms with Crippen LogP contribution in [-0.2, 0) is 9.09 Å². The van der Waals surface area contributed by atoms with Crippen molar-refractivity contribution in [3.05, 3.63) is 20.4 Å². The van der Waals surface area contributed by atoms with Gasteiger partial charge < -0.3 is 19.5 Å². The van der Waals surface area contributed by atoms with Crippen molar-refractivity contribution in [2.75, 3.05) is 24.6 Å². The van der Waals surface area contributed by atoms with E-state index in [0.717, 1.165) is 0 Å². The van der Waals surface area contributed by atoms with Crippen LogP contribution in [0.15, 0.2) is 9.59 Å². The molecule has 0 aromatic heterocycles. The van der Waals surface area contributed by atoms with E-state index in [2.05, 4.69) is 5.32 Å². The zero-order chi connectivity index (χ0) is 15.3. The van der Waals surface area contributed by atoms with Crippen molar-refractivity contribution in [3.8, 4) is 5.75 Å². The summed E-state index contributed by atoms with van der Waals surface area (Å²) in [5.74, 6) is -0.00637. The van der Waals surface area contributed by atoms with E-state index in [1.165, 1.54) is 0 Å². The molecule has 0 spiro atoms. The topological polar surface area (TPSA) is 102 Å². The van der Waals surface area contributed by atoms with Crippen LogP contribution in [0.4, 0.5) is 5.69 Å². The predicted molar refractivity (Wildman–Crippen MR) is 76.5 cm³/mol. The van der Waals surface area contributed by atoms with Crippen molar-refractivity contribution in [2.45, 2.75) is 33.3 Å². The van der Waals surface area contributed by atoms with Gasteiger partial charge in [0.15, 0.2) is 5.75 Å². The number of anilines is 1. The number of nitrogens with one attached hydrogen (secondary N) is 1. The minimum absolute atomic E-state index is 0.00637. The van der Waals surface area contributed by atoms with Gasteiger partial charge in [0.25, 0.3) is 10.9 Å². The maximum absolute atomic E-state index is 11.7. The second-order valence-corrected chi connectivity index (χ2v) is 6.34. The Hall–Kier alpha value is -1.17. The molecule has 7 nitrogen and oxygen atoms in total. The van der Waals surface area contributed by atoms with Crippen molar-refractivity contribution in [1.82, 2.24) is 0 Å². The van der Waals surface area contributed by atoms with E-state index in [4.69, 9.17) is 9.26 Å². The maximum Gasteiger partial charge on any atom is 0.330 e. The molecule has 114 valence electrons. The first-order valence-electron chi connectivity index (χ1n) is 6.52. The molecule has 0 aliphatic heterocycles. The van der Waals surface area contributed by atoms with Crippen LogP contribution in [-0.4, -0.2) is 30.3 Å². The number of hydrogen-bond acceptors (Lipinski definition) is 6. The van der Waals surface area contributed by atoms with Crippen LogP contribution in [0.25, 0.3) is 0 Å². The van der Waals surface area contributed by atoms with Gasteiger partial charge in [-0.1, -0.05) is 6.92 Å². The molecule has 0 saturated carbocycles. The molecular weight excluding hydrogens is 285 g/mol. The van der Waals surface area contributed by atoms with Crippen LogP contribution in [0.1, 0.15) is 27.2 Å². The van der Waals surface area contributed by atoms with Gasteiger partial charge in [0.2, 0.25) is 0 Å². The van der Waals surface area contributed by atoms with Gasteiger partial charge in [-0.3, -0.25) is 14.2 Å². The maximum atomic E-state index is 11.7. The van der Waals surface area contributed by atoms with Crippen LogP contribution in [0.3, 0.4) is 0 Å². The fraction of sp³-hybridized carbons (Fsp3) is 0.667. The molecule has 0 fully saturated rings. The third-order valence-electron chi connectivity index (χ3n) is 2.77. The summed E-state index contributed by atoms with van der Waals surface area (Å²) in [5, 5.41) is 2.65. The van der Waals surface area contributed by atoms with Crippen molar-refractivity contribution < 1.29 is 18.7 Å². The van der Waals surface area contributed by atoms with Crippen molar-refractivity contribution in [1.29, 1.82) is 0 Å². The Bertz CT molecular complexity index is 562. The van der Waals surface area contributed by atoms with Gasteiger partial charge in [-0.2, -0.15) is 0 Å². The monoisotopic (exact) mass is 305 g/mol. The van der Waals surface area contributed by atoms with Crippen LogP contribution >= 0.6 is 7.60 Å². The molecule has 0 aliphatic rings. The van der Waals surface area contributed by atoms with Crippen LogP contribution < -0.4 is 20.9 Å². The number of rotatable bonds is 9. The number of ether oxygens (including phenoxy) is 1. The predicted octanol–water partition coefficient (Wildman–Crippen LogP) is 1.09. The van der Waals surface area contributed by atoms with Gasteiger partial charge in [0.1, 0.15) is 5.69 Å². The SMILES string of the molecule is CCOc1c(NCCP(=O)(O)OC(C)CC)c(=O)c1=O. The Morgan fingerprint density at radius 1 is 1.30 bits per heavy atom. The summed E-state index contributed by atoms with van der Waals surface area (Å²) in [5.41, 5.74) is -1.26. The van der Waals surface area contributed by atoms with Gasteiger partial charge in [0, 0.05) is 6.54 Å². The highest BCUT2D eigenvalue weighted by atomic mass is 31.2.